The second-order valence-corrected chi connectivity index (χ2v) is 4.77. The molecule has 0 aliphatic heterocycles. The number of aryl methyl sites for hydroxylation is 2. The molecule has 6 nitrogen and oxygen atoms in total. The van der Waals surface area contributed by atoms with Crippen LogP contribution in [0.25, 0.3) is 0 Å². The molecule has 0 atom stereocenters. The molecule has 6 heteroatoms. The van der Waals surface area contributed by atoms with Crippen LogP contribution in [0, 0.1) is 6.92 Å². The van der Waals surface area contributed by atoms with E-state index in [1.165, 1.54) is 0 Å². The molecule has 0 unspecified atom stereocenters. The average molecular weight is 280 g/mol. The predicted octanol–water partition coefficient (Wildman–Crippen LogP) is 0.641. The summed E-state index contributed by atoms with van der Waals surface area (Å²) in [4.78, 5) is 21.9. The Morgan fingerprint density at radius 3 is 2.80 bits per heavy atom. The molecule has 110 valence electrons. The standard InChI is InChI=1S/C14H21N3O3/c1-11(2)14(20)15-6-4-7-16-9-10-17(12(16)3)8-5-13(18)19/h9-10H,1,4-8H2,2-3H3,(H-,15,18,19,20)/p+1. The van der Waals surface area contributed by atoms with Gasteiger partial charge in [-0.25, -0.2) is 9.13 Å². The van der Waals surface area contributed by atoms with Crippen molar-refractivity contribution in [1.29, 1.82) is 0 Å². The molecular formula is C14H22N3O3+. The number of imidazole rings is 1. The lowest BCUT2D eigenvalue weighted by Gasteiger charge is -2.04. The molecule has 0 aliphatic rings. The quantitative estimate of drug-likeness (QED) is 0.417. The Labute approximate surface area is 118 Å². The Morgan fingerprint density at radius 2 is 2.20 bits per heavy atom. The third kappa shape index (κ3) is 4.87. The summed E-state index contributed by atoms with van der Waals surface area (Å²) in [6.45, 7) is 9.05. The van der Waals surface area contributed by atoms with Crippen LogP contribution in [0.5, 0.6) is 0 Å². The Hall–Kier alpha value is -2.11. The predicted molar refractivity (Wildman–Crippen MR) is 74.1 cm³/mol. The van der Waals surface area contributed by atoms with E-state index in [1.54, 1.807) is 6.92 Å². The molecule has 2 N–H and O–H groups in total. The summed E-state index contributed by atoms with van der Waals surface area (Å²) < 4.78 is 3.97. The van der Waals surface area contributed by atoms with Crippen molar-refractivity contribution in [3.05, 3.63) is 30.4 Å². The van der Waals surface area contributed by atoms with E-state index in [4.69, 9.17) is 5.11 Å². The summed E-state index contributed by atoms with van der Waals surface area (Å²) in [5, 5.41) is 11.5. The lowest BCUT2D eigenvalue weighted by atomic mass is 10.3. The van der Waals surface area contributed by atoms with E-state index in [1.807, 2.05) is 23.9 Å². The SMILES string of the molecule is C=C(C)C(=O)NCCC[n+]1ccn(CCC(=O)O)c1C. The van der Waals surface area contributed by atoms with Gasteiger partial charge in [0.1, 0.15) is 18.9 Å². The topological polar surface area (TPSA) is 75.2 Å². The molecule has 1 heterocycles. The molecule has 0 aliphatic carbocycles. The monoisotopic (exact) mass is 280 g/mol. The maximum absolute atomic E-state index is 11.3. The Balaban J connectivity index is 2.39. The average Bonchev–Trinajstić information content (AvgIpc) is 2.73. The lowest BCUT2D eigenvalue weighted by molar-refractivity contribution is -0.702. The van der Waals surface area contributed by atoms with E-state index >= 15 is 0 Å². The first kappa shape index (κ1) is 15.9. The van der Waals surface area contributed by atoms with E-state index in [-0.39, 0.29) is 12.3 Å². The number of carbonyl (C=O) groups excluding carboxylic acids is 1. The van der Waals surface area contributed by atoms with Gasteiger partial charge in [0.25, 0.3) is 5.82 Å². The van der Waals surface area contributed by atoms with Gasteiger partial charge in [-0.05, 0) is 6.92 Å². The number of nitrogens with one attached hydrogen (secondary N) is 1. The minimum atomic E-state index is -0.799. The fourth-order valence-electron chi connectivity index (χ4n) is 1.83. The van der Waals surface area contributed by atoms with Crippen LogP contribution in [-0.2, 0) is 22.7 Å². The number of nitrogens with zero attached hydrogens (tertiary/aromatic N) is 2. The van der Waals surface area contributed by atoms with Crippen molar-refractivity contribution in [3.63, 3.8) is 0 Å². The molecule has 0 spiro atoms. The first-order chi connectivity index (χ1) is 9.41. The molecule has 0 saturated heterocycles. The smallest absolute Gasteiger partial charge is 0.307 e. The molecule has 0 saturated carbocycles. The zero-order valence-electron chi connectivity index (χ0n) is 12.1. The first-order valence-corrected chi connectivity index (χ1v) is 6.62. The number of carbonyl (C=O) groups is 2. The summed E-state index contributed by atoms with van der Waals surface area (Å²) in [7, 11) is 0. The van der Waals surface area contributed by atoms with E-state index in [0.29, 0.717) is 18.7 Å². The Kier molecular flexibility index (Phi) is 5.96. The number of carboxylic acid groups (broad SMARTS) is 1. The summed E-state index contributed by atoms with van der Waals surface area (Å²) in [6, 6.07) is 0. The van der Waals surface area contributed by atoms with Crippen LogP contribution in [0.1, 0.15) is 25.6 Å². The maximum Gasteiger partial charge on any atom is 0.307 e. The lowest BCUT2D eigenvalue weighted by Crippen LogP contribution is -2.37. The van der Waals surface area contributed by atoms with Gasteiger partial charge in [-0.1, -0.05) is 6.58 Å². The number of aromatic nitrogens is 2. The molecular weight excluding hydrogens is 258 g/mol. The van der Waals surface area contributed by atoms with Gasteiger partial charge < -0.3 is 10.4 Å². The van der Waals surface area contributed by atoms with Gasteiger partial charge in [0, 0.05) is 25.5 Å². The molecule has 20 heavy (non-hydrogen) atoms. The molecule has 0 fully saturated rings. The van der Waals surface area contributed by atoms with Crippen LogP contribution in [0.15, 0.2) is 24.5 Å². The van der Waals surface area contributed by atoms with Crippen LogP contribution in [-0.4, -0.2) is 28.1 Å². The number of hydrogen-bond donors (Lipinski definition) is 2. The fourth-order valence-corrected chi connectivity index (χ4v) is 1.83. The number of hydrogen-bond acceptors (Lipinski definition) is 2. The van der Waals surface area contributed by atoms with Gasteiger partial charge in [-0.3, -0.25) is 9.59 Å². The van der Waals surface area contributed by atoms with E-state index in [0.717, 1.165) is 18.8 Å². The van der Waals surface area contributed by atoms with Gasteiger partial charge in [-0.15, -0.1) is 0 Å². The Bertz CT molecular complexity index is 506. The van der Waals surface area contributed by atoms with Crippen LogP contribution in [0.2, 0.25) is 0 Å². The highest BCUT2D eigenvalue weighted by molar-refractivity contribution is 5.91. The van der Waals surface area contributed by atoms with E-state index in [9.17, 15) is 9.59 Å². The molecule has 0 radical (unpaired) electrons. The third-order valence-corrected chi connectivity index (χ3v) is 3.07. The van der Waals surface area contributed by atoms with Crippen LogP contribution < -0.4 is 9.88 Å². The fraction of sp³-hybridized carbons (Fsp3) is 0.500. The second-order valence-electron chi connectivity index (χ2n) is 4.77. The van der Waals surface area contributed by atoms with E-state index in [2.05, 4.69) is 16.5 Å². The van der Waals surface area contributed by atoms with Crippen LogP contribution in [0.4, 0.5) is 0 Å². The number of aliphatic carboxylic acids is 1. The highest BCUT2D eigenvalue weighted by Crippen LogP contribution is 1.97. The van der Waals surface area contributed by atoms with Gasteiger partial charge in [0.2, 0.25) is 5.91 Å². The van der Waals surface area contributed by atoms with Gasteiger partial charge in [0.15, 0.2) is 0 Å². The highest BCUT2D eigenvalue weighted by Gasteiger charge is 2.12. The molecule has 1 rings (SSSR count). The number of carboxylic acids is 1. The molecule has 0 aromatic carbocycles. The summed E-state index contributed by atoms with van der Waals surface area (Å²) in [5.41, 5.74) is 0.508. The van der Waals surface area contributed by atoms with Crippen molar-refractivity contribution in [1.82, 2.24) is 9.88 Å². The summed E-state index contributed by atoms with van der Waals surface area (Å²) in [5.74, 6) is 0.0929. The minimum Gasteiger partial charge on any atom is -0.481 e. The van der Waals surface area contributed by atoms with Crippen molar-refractivity contribution in [2.24, 2.45) is 0 Å². The van der Waals surface area contributed by atoms with Gasteiger partial charge >= 0.3 is 5.97 Å². The van der Waals surface area contributed by atoms with Crippen molar-refractivity contribution in [3.8, 4) is 0 Å². The zero-order valence-corrected chi connectivity index (χ0v) is 12.1. The van der Waals surface area contributed by atoms with Crippen molar-refractivity contribution >= 4 is 11.9 Å². The van der Waals surface area contributed by atoms with E-state index < -0.39 is 5.97 Å². The number of rotatable bonds is 8. The van der Waals surface area contributed by atoms with Gasteiger partial charge in [-0.2, -0.15) is 0 Å². The normalized spacial score (nSPS) is 10.3. The first-order valence-electron chi connectivity index (χ1n) is 6.62. The van der Waals surface area contributed by atoms with Crippen LogP contribution in [0.3, 0.4) is 0 Å². The van der Waals surface area contributed by atoms with Crippen molar-refractivity contribution < 1.29 is 19.3 Å². The maximum atomic E-state index is 11.3. The summed E-state index contributed by atoms with van der Waals surface area (Å²) in [6.07, 6.45) is 4.74. The zero-order chi connectivity index (χ0) is 15.1. The minimum absolute atomic E-state index is 0.115. The highest BCUT2D eigenvalue weighted by atomic mass is 16.4. The van der Waals surface area contributed by atoms with Crippen LogP contribution >= 0.6 is 0 Å². The molecule has 1 aromatic heterocycles. The van der Waals surface area contributed by atoms with Crippen molar-refractivity contribution in [2.75, 3.05) is 6.54 Å². The largest absolute Gasteiger partial charge is 0.481 e. The number of amides is 1. The molecule has 1 amide bonds. The second kappa shape index (κ2) is 7.47. The molecule has 0 bridgehead atoms. The summed E-state index contributed by atoms with van der Waals surface area (Å²) >= 11 is 0. The molecule has 1 aromatic rings. The Morgan fingerprint density at radius 1 is 1.50 bits per heavy atom. The van der Waals surface area contributed by atoms with Crippen molar-refractivity contribution in [2.45, 2.75) is 39.8 Å². The van der Waals surface area contributed by atoms with Gasteiger partial charge in [0.05, 0.1) is 13.0 Å². The third-order valence-electron chi connectivity index (χ3n) is 3.07.